The predicted octanol–water partition coefficient (Wildman–Crippen LogP) is 0.958. The standard InChI is InChI=1S/3C5H7O2.Zn/c3*1-4(6)3-5(2)7;/h3*3H,1-2H3;/q3*-1;+2/p+6. The zero-order chi connectivity index (χ0) is 17.6. The van der Waals surface area contributed by atoms with Crippen LogP contribution in [0.4, 0.5) is 0 Å². The first-order chi connectivity index (χ1) is 9.38. The topological polar surface area (TPSA) is 128 Å². The number of ketones is 6. The molecule has 0 aliphatic rings. The van der Waals surface area contributed by atoms with Crippen LogP contribution < -0.4 is 0 Å². The maximum absolute atomic E-state index is 8.40. The summed E-state index contributed by atoms with van der Waals surface area (Å²) in [5.74, 6) is 0.750. The van der Waals surface area contributed by atoms with Crippen LogP contribution in [0.5, 0.6) is 0 Å². The second-order valence-electron chi connectivity index (χ2n) is 4.28. The van der Waals surface area contributed by atoms with E-state index in [9.17, 15) is 0 Å². The third-order valence-electron chi connectivity index (χ3n) is 1.25. The van der Waals surface area contributed by atoms with Crippen LogP contribution in [0.3, 0.4) is 0 Å². The van der Waals surface area contributed by atoms with E-state index in [1.54, 1.807) is 0 Å². The van der Waals surface area contributed by atoms with E-state index >= 15 is 0 Å². The summed E-state index contributed by atoms with van der Waals surface area (Å²) in [5, 5.41) is 0. The summed E-state index contributed by atoms with van der Waals surface area (Å²) in [7, 11) is 0. The summed E-state index contributed by atoms with van der Waals surface area (Å²) < 4.78 is 0. The van der Waals surface area contributed by atoms with E-state index in [1.807, 2.05) is 0 Å². The smallest absolute Gasteiger partial charge is 0.316 e. The summed E-state index contributed by atoms with van der Waals surface area (Å²) in [6, 6.07) is 0. The Bertz CT molecular complexity index is 314. The van der Waals surface area contributed by atoms with Gasteiger partial charge in [0, 0.05) is 41.5 Å². The average molecular weight is 369 g/mol. The first kappa shape index (κ1) is 28.4. The van der Waals surface area contributed by atoms with Crippen molar-refractivity contribution >= 4 is 34.7 Å². The number of carbonyl (C=O) groups excluding carboxylic acids is 6. The minimum absolute atomic E-state index is 0. The Hall–Kier alpha value is -1.75. The molecule has 0 aromatic carbocycles. The number of hydrogen-bond acceptors (Lipinski definition) is 0. The molecule has 0 rings (SSSR count). The minimum Gasteiger partial charge on any atom is -0.316 e. The fraction of sp³-hybridized carbons (Fsp3) is 0.400. The van der Waals surface area contributed by atoms with E-state index in [0.717, 1.165) is 0 Å². The van der Waals surface area contributed by atoms with E-state index in [-0.39, 0.29) is 54.2 Å². The molecular formula is C15H27O6Zn+5. The zero-order valence-electron chi connectivity index (χ0n) is 14.1. The van der Waals surface area contributed by atoms with E-state index in [2.05, 4.69) is 0 Å². The van der Waals surface area contributed by atoms with E-state index in [4.69, 9.17) is 28.8 Å². The van der Waals surface area contributed by atoms with Gasteiger partial charge in [-0.3, -0.25) is 0 Å². The Labute approximate surface area is 144 Å². The second-order valence-corrected chi connectivity index (χ2v) is 4.28. The monoisotopic (exact) mass is 367 g/mol. The van der Waals surface area contributed by atoms with Crippen molar-refractivity contribution in [1.29, 1.82) is 0 Å². The van der Waals surface area contributed by atoms with Gasteiger partial charge in [-0.2, -0.15) is 19.3 Å². The van der Waals surface area contributed by atoms with Gasteiger partial charge < -0.3 is 28.8 Å². The van der Waals surface area contributed by atoms with E-state index in [1.165, 1.54) is 60.8 Å². The summed E-state index contributed by atoms with van der Waals surface area (Å²) in [6.07, 6.45) is 3.83. The Morgan fingerprint density at radius 3 is 0.500 bits per heavy atom. The van der Waals surface area contributed by atoms with Crippen LogP contribution in [0.15, 0.2) is 0 Å². The van der Waals surface area contributed by atoms with Gasteiger partial charge in [-0.1, -0.05) is 0 Å². The second kappa shape index (κ2) is 17.3. The molecular weight excluding hydrogens is 342 g/mol. The van der Waals surface area contributed by atoms with E-state index in [0.29, 0.717) is 0 Å². The molecule has 0 unspecified atom stereocenters. The van der Waals surface area contributed by atoms with E-state index < -0.39 is 0 Å². The van der Waals surface area contributed by atoms with Gasteiger partial charge in [-0.25, -0.2) is 0 Å². The normalized spacial score (nSPS) is 7.36. The first-order valence-electron chi connectivity index (χ1n) is 6.07. The number of hydrogen-bond donors (Lipinski definition) is 0. The van der Waals surface area contributed by atoms with Crippen molar-refractivity contribution in [2.24, 2.45) is 0 Å². The molecule has 120 valence electrons. The molecule has 0 fully saturated rings. The third-order valence-corrected chi connectivity index (χ3v) is 1.25. The molecule has 0 aromatic heterocycles. The van der Waals surface area contributed by atoms with Gasteiger partial charge in [0.1, 0.15) is 0 Å². The molecule has 0 atom stereocenters. The third kappa shape index (κ3) is 51.7. The van der Waals surface area contributed by atoms with Crippen molar-refractivity contribution in [2.75, 3.05) is 0 Å². The molecule has 0 saturated heterocycles. The molecule has 0 aromatic rings. The van der Waals surface area contributed by atoms with Crippen LogP contribution in [-0.4, -0.2) is 63.5 Å². The largest absolute Gasteiger partial charge is 2.00 e. The molecule has 6 nitrogen and oxygen atoms in total. The molecule has 0 aliphatic carbocycles. The molecule has 0 saturated carbocycles. The Balaban J connectivity index is -0.000000108. The van der Waals surface area contributed by atoms with Crippen LogP contribution in [0, 0.1) is 19.3 Å². The fourth-order valence-corrected chi connectivity index (χ4v) is 0.907. The quantitative estimate of drug-likeness (QED) is 0.286. The van der Waals surface area contributed by atoms with Crippen molar-refractivity contribution in [1.82, 2.24) is 0 Å². The molecule has 7 heteroatoms. The van der Waals surface area contributed by atoms with Gasteiger partial charge in [-0.15, -0.1) is 0 Å². The van der Waals surface area contributed by atoms with Crippen LogP contribution in [0.1, 0.15) is 41.5 Å². The summed E-state index contributed by atoms with van der Waals surface area (Å²) in [5.41, 5.74) is 0. The van der Waals surface area contributed by atoms with Crippen molar-refractivity contribution in [2.45, 2.75) is 41.5 Å². The van der Waals surface area contributed by atoms with Gasteiger partial charge in [0.25, 0.3) is 0 Å². The first-order valence-corrected chi connectivity index (χ1v) is 6.07. The molecule has 6 N–H and O–H groups in total. The summed E-state index contributed by atoms with van der Waals surface area (Å²) in [6.45, 7) is 9.00. The van der Waals surface area contributed by atoms with Gasteiger partial charge in [0.05, 0.1) is 0 Å². The Kier molecular flexibility index (Phi) is 22.4. The molecule has 22 heavy (non-hydrogen) atoms. The van der Waals surface area contributed by atoms with Gasteiger partial charge in [-0.05, 0) is 0 Å². The van der Waals surface area contributed by atoms with Gasteiger partial charge >= 0.3 is 19.5 Å². The maximum atomic E-state index is 8.40. The Morgan fingerprint density at radius 2 is 0.500 bits per heavy atom. The van der Waals surface area contributed by atoms with Gasteiger partial charge in [0.2, 0.25) is 0 Å². The van der Waals surface area contributed by atoms with Crippen molar-refractivity contribution in [3.8, 4) is 0 Å². The molecule has 0 spiro atoms. The fourth-order valence-electron chi connectivity index (χ4n) is 0.907. The maximum Gasteiger partial charge on any atom is 2.00 e. The molecule has 0 radical (unpaired) electrons. The summed E-state index contributed by atoms with van der Waals surface area (Å²) in [4.78, 5) is 50.4. The number of rotatable bonds is 6. The minimum atomic E-state index is 0. The molecule has 0 bridgehead atoms. The molecule has 0 amide bonds. The zero-order valence-corrected chi connectivity index (χ0v) is 17.1. The Morgan fingerprint density at radius 1 is 0.409 bits per heavy atom. The van der Waals surface area contributed by atoms with Crippen LogP contribution >= 0.6 is 0 Å². The average Bonchev–Trinajstić information content (AvgIpc) is 2.10. The van der Waals surface area contributed by atoms with Crippen LogP contribution in [-0.2, 0) is 19.5 Å². The predicted molar refractivity (Wildman–Crippen MR) is 88.6 cm³/mol. The van der Waals surface area contributed by atoms with Crippen molar-refractivity contribution in [3.63, 3.8) is 0 Å². The van der Waals surface area contributed by atoms with Crippen molar-refractivity contribution < 1.29 is 48.2 Å². The summed E-state index contributed by atoms with van der Waals surface area (Å²) >= 11 is 0. The SMILES string of the molecule is CC(=[OH+])[CH-]C(C)=[OH+].CC(=[OH+])[CH-]C(C)=[OH+].CC(=[OH+])[CH-]C(C)=[OH+].[Zn+2]. The van der Waals surface area contributed by atoms with Gasteiger partial charge in [0.15, 0.2) is 34.7 Å². The van der Waals surface area contributed by atoms with Crippen LogP contribution in [0.2, 0.25) is 0 Å². The molecule has 0 heterocycles. The van der Waals surface area contributed by atoms with Crippen LogP contribution in [0.25, 0.3) is 0 Å². The molecule has 0 aliphatic heterocycles. The van der Waals surface area contributed by atoms with Crippen molar-refractivity contribution in [3.05, 3.63) is 19.3 Å².